The third-order valence-corrected chi connectivity index (χ3v) is 6.56. The van der Waals surface area contributed by atoms with Gasteiger partial charge in [-0.3, -0.25) is 14.6 Å². The number of amides is 1. The molecule has 1 amide bonds. The Kier molecular flexibility index (Phi) is 8.15. The summed E-state index contributed by atoms with van der Waals surface area (Å²) >= 11 is 6.10. The van der Waals surface area contributed by atoms with Gasteiger partial charge >= 0.3 is 0 Å². The van der Waals surface area contributed by atoms with Crippen LogP contribution in [0.25, 0.3) is 0 Å². The quantitative estimate of drug-likeness (QED) is 0.422. The SMILES string of the molecule is O=C(NCCC1CCN(c2ccncc2)CC1)c1cccc(NCC(=O)c2ccccc2Cl)c1. The number of nitrogens with one attached hydrogen (secondary N) is 2. The monoisotopic (exact) mass is 476 g/mol. The van der Waals surface area contributed by atoms with Gasteiger partial charge in [0.1, 0.15) is 0 Å². The van der Waals surface area contributed by atoms with Crippen molar-refractivity contribution in [3.05, 3.63) is 89.2 Å². The highest BCUT2D eigenvalue weighted by Crippen LogP contribution is 2.24. The number of rotatable bonds is 9. The van der Waals surface area contributed by atoms with Crippen LogP contribution < -0.4 is 15.5 Å². The number of nitrogens with zero attached hydrogens (tertiary/aromatic N) is 2. The minimum absolute atomic E-state index is 0.101. The van der Waals surface area contributed by atoms with Gasteiger partial charge in [0, 0.05) is 54.5 Å². The predicted octanol–water partition coefficient (Wildman–Crippen LogP) is 5.07. The van der Waals surface area contributed by atoms with Crippen molar-refractivity contribution in [2.24, 2.45) is 5.92 Å². The molecule has 0 spiro atoms. The van der Waals surface area contributed by atoms with E-state index in [1.54, 1.807) is 36.4 Å². The fourth-order valence-electron chi connectivity index (χ4n) is 4.26. The number of anilines is 2. The van der Waals surface area contributed by atoms with Crippen molar-refractivity contribution in [1.29, 1.82) is 0 Å². The number of carbonyl (C=O) groups excluding carboxylic acids is 2. The first kappa shape index (κ1) is 23.8. The first-order chi connectivity index (χ1) is 16.6. The standard InChI is InChI=1S/C27H29ClN4O2/c28-25-7-2-1-6-24(25)26(33)19-31-22-5-3-4-21(18-22)27(34)30-15-8-20-11-16-32(17-12-20)23-9-13-29-14-10-23/h1-7,9-10,13-14,18,20,31H,8,11-12,15-17,19H2,(H,30,34). The normalized spacial score (nSPS) is 14.0. The van der Waals surface area contributed by atoms with Crippen LogP contribution in [0.2, 0.25) is 5.02 Å². The third kappa shape index (κ3) is 6.35. The van der Waals surface area contributed by atoms with Crippen molar-refractivity contribution in [1.82, 2.24) is 10.3 Å². The average Bonchev–Trinajstić information content (AvgIpc) is 2.88. The maximum Gasteiger partial charge on any atom is 0.251 e. The fourth-order valence-corrected chi connectivity index (χ4v) is 4.50. The van der Waals surface area contributed by atoms with Crippen LogP contribution >= 0.6 is 11.6 Å². The lowest BCUT2D eigenvalue weighted by molar-refractivity contribution is 0.0950. The lowest BCUT2D eigenvalue weighted by atomic mass is 9.93. The molecule has 0 unspecified atom stereocenters. The highest BCUT2D eigenvalue weighted by molar-refractivity contribution is 6.34. The van der Waals surface area contributed by atoms with E-state index >= 15 is 0 Å². The van der Waals surface area contributed by atoms with Gasteiger partial charge in [-0.2, -0.15) is 0 Å². The summed E-state index contributed by atoms with van der Waals surface area (Å²) in [5.41, 5.74) is 3.00. The number of ketones is 1. The van der Waals surface area contributed by atoms with E-state index in [1.165, 1.54) is 5.69 Å². The first-order valence-corrected chi connectivity index (χ1v) is 12.0. The maximum atomic E-state index is 12.6. The van der Waals surface area contributed by atoms with Gasteiger partial charge in [-0.15, -0.1) is 0 Å². The maximum absolute atomic E-state index is 12.6. The van der Waals surface area contributed by atoms with Crippen LogP contribution in [-0.2, 0) is 0 Å². The first-order valence-electron chi connectivity index (χ1n) is 11.6. The van der Waals surface area contributed by atoms with Gasteiger partial charge < -0.3 is 15.5 Å². The molecule has 1 saturated heterocycles. The Morgan fingerprint density at radius 3 is 2.53 bits per heavy atom. The minimum Gasteiger partial charge on any atom is -0.378 e. The van der Waals surface area contributed by atoms with E-state index in [-0.39, 0.29) is 18.2 Å². The molecule has 7 heteroatoms. The van der Waals surface area contributed by atoms with E-state index in [2.05, 4.69) is 32.7 Å². The third-order valence-electron chi connectivity index (χ3n) is 6.23. The Hall–Kier alpha value is -3.38. The molecular weight excluding hydrogens is 448 g/mol. The topological polar surface area (TPSA) is 74.3 Å². The van der Waals surface area contributed by atoms with Crippen molar-refractivity contribution in [2.75, 3.05) is 36.4 Å². The Balaban J connectivity index is 1.21. The Morgan fingerprint density at radius 1 is 1.00 bits per heavy atom. The molecule has 6 nitrogen and oxygen atoms in total. The molecule has 1 aliphatic heterocycles. The largest absolute Gasteiger partial charge is 0.378 e. The molecule has 0 aliphatic carbocycles. The molecule has 0 radical (unpaired) electrons. The predicted molar refractivity (Wildman–Crippen MR) is 137 cm³/mol. The van der Waals surface area contributed by atoms with E-state index in [0.29, 0.717) is 28.6 Å². The van der Waals surface area contributed by atoms with Crippen molar-refractivity contribution in [3.8, 4) is 0 Å². The number of benzene rings is 2. The van der Waals surface area contributed by atoms with Gasteiger partial charge in [0.2, 0.25) is 0 Å². The number of hydrogen-bond acceptors (Lipinski definition) is 5. The zero-order chi connectivity index (χ0) is 23.8. The van der Waals surface area contributed by atoms with E-state index in [1.807, 2.05) is 24.5 Å². The van der Waals surface area contributed by atoms with Crippen LogP contribution in [0.4, 0.5) is 11.4 Å². The van der Waals surface area contributed by atoms with Crippen LogP contribution in [0, 0.1) is 5.92 Å². The van der Waals surface area contributed by atoms with Gasteiger partial charge in [-0.05, 0) is 67.6 Å². The molecule has 2 N–H and O–H groups in total. The van der Waals surface area contributed by atoms with Gasteiger partial charge in [0.15, 0.2) is 5.78 Å². The van der Waals surface area contributed by atoms with Gasteiger partial charge in [-0.1, -0.05) is 29.8 Å². The summed E-state index contributed by atoms with van der Waals surface area (Å²) in [5.74, 6) is 0.410. The van der Waals surface area contributed by atoms with Crippen LogP contribution in [0.15, 0.2) is 73.1 Å². The van der Waals surface area contributed by atoms with E-state index in [4.69, 9.17) is 11.6 Å². The molecule has 2 heterocycles. The number of piperidine rings is 1. The Labute approximate surface area is 205 Å². The van der Waals surface area contributed by atoms with E-state index < -0.39 is 0 Å². The van der Waals surface area contributed by atoms with E-state index in [0.717, 1.165) is 38.0 Å². The molecule has 1 aromatic heterocycles. The minimum atomic E-state index is -0.102. The second kappa shape index (κ2) is 11.7. The van der Waals surface area contributed by atoms with Gasteiger partial charge in [0.25, 0.3) is 5.91 Å². The molecule has 176 valence electrons. The number of Topliss-reactive ketones (excluding diaryl/α,β-unsaturated/α-hetero) is 1. The summed E-state index contributed by atoms with van der Waals surface area (Å²) in [7, 11) is 0. The molecule has 2 aromatic carbocycles. The van der Waals surface area contributed by atoms with Crippen molar-refractivity contribution in [3.63, 3.8) is 0 Å². The summed E-state index contributed by atoms with van der Waals surface area (Å²) in [4.78, 5) is 31.5. The number of pyridine rings is 1. The summed E-state index contributed by atoms with van der Waals surface area (Å²) in [5, 5.41) is 6.57. The van der Waals surface area contributed by atoms with Crippen molar-refractivity contribution >= 4 is 34.7 Å². The number of carbonyl (C=O) groups is 2. The lowest BCUT2D eigenvalue weighted by Gasteiger charge is -2.33. The highest BCUT2D eigenvalue weighted by atomic mass is 35.5. The summed E-state index contributed by atoms with van der Waals surface area (Å²) in [6.07, 6.45) is 6.88. The molecule has 0 saturated carbocycles. The zero-order valence-corrected chi connectivity index (χ0v) is 19.8. The van der Waals surface area contributed by atoms with Crippen LogP contribution in [0.1, 0.15) is 40.0 Å². The molecule has 0 atom stereocenters. The highest BCUT2D eigenvalue weighted by Gasteiger charge is 2.19. The number of aromatic nitrogens is 1. The Bertz CT molecular complexity index is 1110. The van der Waals surface area contributed by atoms with Crippen molar-refractivity contribution in [2.45, 2.75) is 19.3 Å². The fraction of sp³-hybridized carbons (Fsp3) is 0.296. The number of halogens is 1. The average molecular weight is 477 g/mol. The molecular formula is C27H29ClN4O2. The second-order valence-corrected chi connectivity index (χ2v) is 8.92. The summed E-state index contributed by atoms with van der Waals surface area (Å²) < 4.78 is 0. The Morgan fingerprint density at radius 2 is 1.76 bits per heavy atom. The molecule has 34 heavy (non-hydrogen) atoms. The summed E-state index contributed by atoms with van der Waals surface area (Å²) in [6, 6.07) is 18.3. The van der Waals surface area contributed by atoms with Gasteiger partial charge in [0.05, 0.1) is 11.6 Å². The smallest absolute Gasteiger partial charge is 0.251 e. The summed E-state index contributed by atoms with van der Waals surface area (Å²) in [6.45, 7) is 2.82. The van der Waals surface area contributed by atoms with Crippen LogP contribution in [0.5, 0.6) is 0 Å². The van der Waals surface area contributed by atoms with Gasteiger partial charge in [-0.25, -0.2) is 0 Å². The molecule has 1 aliphatic rings. The number of hydrogen-bond donors (Lipinski definition) is 2. The lowest BCUT2D eigenvalue weighted by Crippen LogP contribution is -2.35. The second-order valence-electron chi connectivity index (χ2n) is 8.52. The molecule has 3 aromatic rings. The van der Waals surface area contributed by atoms with Crippen molar-refractivity contribution < 1.29 is 9.59 Å². The zero-order valence-electron chi connectivity index (χ0n) is 19.0. The molecule has 1 fully saturated rings. The van der Waals surface area contributed by atoms with Crippen LogP contribution in [0.3, 0.4) is 0 Å². The van der Waals surface area contributed by atoms with Crippen LogP contribution in [-0.4, -0.2) is 42.9 Å². The molecule has 4 rings (SSSR count). The molecule has 0 bridgehead atoms. The van der Waals surface area contributed by atoms with E-state index in [9.17, 15) is 9.59 Å².